The fraction of sp³-hybridized carbons (Fsp3) is 0.300. The molecule has 2 aliphatic rings. The predicted molar refractivity (Wildman–Crippen MR) is 186 cm³/mol. The van der Waals surface area contributed by atoms with Crippen molar-refractivity contribution in [1.82, 2.24) is 0 Å². The van der Waals surface area contributed by atoms with Gasteiger partial charge in [-0.1, -0.05) is 86.7 Å². The van der Waals surface area contributed by atoms with Crippen molar-refractivity contribution in [2.75, 3.05) is 24.5 Å². The Morgan fingerprint density at radius 2 is 1.45 bits per heavy atom. The Hall–Kier alpha value is -4.28. The van der Waals surface area contributed by atoms with E-state index in [1.165, 1.54) is 55.5 Å². The molecule has 0 bridgehead atoms. The first-order valence-corrected chi connectivity index (χ1v) is 16.0. The number of aldehydes is 1. The molecule has 0 aliphatic carbocycles. The summed E-state index contributed by atoms with van der Waals surface area (Å²) in [6.07, 6.45) is 14.6. The Labute approximate surface area is 261 Å². The van der Waals surface area contributed by atoms with Crippen LogP contribution in [0.25, 0.3) is 21.5 Å². The molecule has 6 rings (SSSR count). The zero-order chi connectivity index (χ0) is 30.9. The summed E-state index contributed by atoms with van der Waals surface area (Å²) in [7, 11) is 0. The SMILES string of the molecule is CC1(C)C(/C=C/C=C/C=C2/N(CCC=O)c3ccc4ccccc4c3C2(C)C)=[N+](CCCCN)c2ccc3ccccc3c21. The summed E-state index contributed by atoms with van der Waals surface area (Å²) in [6, 6.07) is 26.3. The second-order valence-electron chi connectivity index (χ2n) is 13.0. The van der Waals surface area contributed by atoms with E-state index < -0.39 is 0 Å². The van der Waals surface area contributed by atoms with E-state index in [-0.39, 0.29) is 10.8 Å². The van der Waals surface area contributed by atoms with Gasteiger partial charge in [-0.05, 0) is 72.1 Å². The van der Waals surface area contributed by atoms with E-state index in [0.29, 0.717) is 19.5 Å². The van der Waals surface area contributed by atoms with Gasteiger partial charge in [-0.15, -0.1) is 0 Å². The fourth-order valence-electron chi connectivity index (χ4n) is 7.51. The molecule has 0 spiro atoms. The lowest BCUT2D eigenvalue weighted by molar-refractivity contribution is -0.438. The first-order valence-electron chi connectivity index (χ1n) is 16.0. The van der Waals surface area contributed by atoms with Gasteiger partial charge >= 0.3 is 0 Å². The van der Waals surface area contributed by atoms with Crippen LogP contribution in [0, 0.1) is 0 Å². The van der Waals surface area contributed by atoms with Crippen LogP contribution in [0.3, 0.4) is 0 Å². The van der Waals surface area contributed by atoms with E-state index in [1.54, 1.807) is 0 Å². The van der Waals surface area contributed by atoms with Crippen molar-refractivity contribution in [3.05, 3.63) is 120 Å². The van der Waals surface area contributed by atoms with Crippen LogP contribution >= 0.6 is 0 Å². The Morgan fingerprint density at radius 1 is 0.773 bits per heavy atom. The van der Waals surface area contributed by atoms with Crippen molar-refractivity contribution in [1.29, 1.82) is 0 Å². The number of hydrogen-bond donors (Lipinski definition) is 1. The first-order chi connectivity index (χ1) is 21.3. The highest BCUT2D eigenvalue weighted by Crippen LogP contribution is 2.50. The molecule has 0 unspecified atom stereocenters. The third kappa shape index (κ3) is 5.01. The van der Waals surface area contributed by atoms with Crippen LogP contribution in [0.15, 0.2) is 109 Å². The Morgan fingerprint density at radius 3 is 2.16 bits per heavy atom. The maximum atomic E-state index is 11.4. The van der Waals surface area contributed by atoms with E-state index in [4.69, 9.17) is 5.73 Å². The Balaban J connectivity index is 1.35. The lowest BCUT2D eigenvalue weighted by Crippen LogP contribution is -2.28. The van der Waals surface area contributed by atoms with Crippen LogP contribution < -0.4 is 10.6 Å². The molecule has 0 fully saturated rings. The molecular formula is C40H44N3O+. The van der Waals surface area contributed by atoms with Crippen molar-refractivity contribution in [3.8, 4) is 0 Å². The highest BCUT2D eigenvalue weighted by molar-refractivity contribution is 6.07. The van der Waals surface area contributed by atoms with Crippen LogP contribution in [0.1, 0.15) is 58.1 Å². The molecule has 0 saturated carbocycles. The van der Waals surface area contributed by atoms with Gasteiger partial charge in [0.05, 0.1) is 5.41 Å². The molecule has 0 atom stereocenters. The number of benzene rings is 4. The molecule has 4 aromatic carbocycles. The summed E-state index contributed by atoms with van der Waals surface area (Å²) in [4.78, 5) is 13.7. The van der Waals surface area contributed by atoms with Crippen molar-refractivity contribution in [2.24, 2.45) is 5.73 Å². The number of carbonyl (C=O) groups excluding carboxylic acids is 1. The van der Waals surface area contributed by atoms with Crippen molar-refractivity contribution < 1.29 is 9.37 Å². The molecule has 0 amide bonds. The van der Waals surface area contributed by atoms with Crippen LogP contribution in [0.2, 0.25) is 0 Å². The maximum Gasteiger partial charge on any atom is 0.210 e. The zero-order valence-electron chi connectivity index (χ0n) is 26.5. The van der Waals surface area contributed by atoms with Gasteiger partial charge in [0, 0.05) is 53.9 Å². The molecule has 0 saturated heterocycles. The number of hydrogen-bond acceptors (Lipinski definition) is 3. The summed E-state index contributed by atoms with van der Waals surface area (Å²) in [5, 5.41) is 5.13. The minimum absolute atomic E-state index is 0.135. The largest absolute Gasteiger partial charge is 0.344 e. The summed E-state index contributed by atoms with van der Waals surface area (Å²) in [6.45, 7) is 11.6. The topological polar surface area (TPSA) is 49.3 Å². The van der Waals surface area contributed by atoms with Crippen molar-refractivity contribution in [3.63, 3.8) is 0 Å². The lowest BCUT2D eigenvalue weighted by Gasteiger charge is -2.26. The summed E-state index contributed by atoms with van der Waals surface area (Å²) in [5.41, 5.74) is 13.3. The normalized spacial score (nSPS) is 17.9. The van der Waals surface area contributed by atoms with E-state index in [1.807, 2.05) is 0 Å². The number of nitrogens with zero attached hydrogens (tertiary/aromatic N) is 2. The standard InChI is InChI=1S/C40H44N3O/c1-39(2)35(42(26-13-12-25-41)33-23-21-29-15-8-10-17-31(29)37(33)39)19-6-5-7-20-36-40(3,4)38-32-18-11-9-16-30(32)22-24-34(38)43(36)27-14-28-44/h5-11,15-24,28H,12-14,25-27,41H2,1-4H3/q+1. The third-order valence-corrected chi connectivity index (χ3v) is 9.54. The number of rotatable bonds is 10. The quantitative estimate of drug-likeness (QED) is 0.0883. The van der Waals surface area contributed by atoms with Gasteiger partial charge in [0.25, 0.3) is 0 Å². The van der Waals surface area contributed by atoms with Crippen LogP contribution in [-0.2, 0) is 15.6 Å². The Kier molecular flexibility index (Phi) is 8.13. The van der Waals surface area contributed by atoms with Crippen LogP contribution in [0.5, 0.6) is 0 Å². The third-order valence-electron chi connectivity index (χ3n) is 9.54. The minimum Gasteiger partial charge on any atom is -0.344 e. The smallest absolute Gasteiger partial charge is 0.210 e. The predicted octanol–water partition coefficient (Wildman–Crippen LogP) is 8.49. The number of carbonyl (C=O) groups is 1. The van der Waals surface area contributed by atoms with Crippen molar-refractivity contribution in [2.45, 2.75) is 57.8 Å². The molecule has 4 aromatic rings. The van der Waals surface area contributed by atoms with Gasteiger partial charge in [-0.3, -0.25) is 0 Å². The summed E-state index contributed by atoms with van der Waals surface area (Å²) in [5.74, 6) is 0. The molecule has 224 valence electrons. The van der Waals surface area contributed by atoms with Crippen LogP contribution in [0.4, 0.5) is 11.4 Å². The van der Waals surface area contributed by atoms with Gasteiger partial charge < -0.3 is 15.4 Å². The first kappa shape index (κ1) is 29.8. The number of nitrogens with two attached hydrogens (primary N) is 1. The average molecular weight is 583 g/mol. The van der Waals surface area contributed by atoms with E-state index in [0.717, 1.165) is 25.7 Å². The van der Waals surface area contributed by atoms with Gasteiger partial charge in [0.15, 0.2) is 5.71 Å². The molecule has 0 aromatic heterocycles. The molecule has 0 radical (unpaired) electrons. The van der Waals surface area contributed by atoms with E-state index >= 15 is 0 Å². The monoisotopic (exact) mass is 582 g/mol. The summed E-state index contributed by atoms with van der Waals surface area (Å²) < 4.78 is 2.50. The Bertz CT molecular complexity index is 1850. The van der Waals surface area contributed by atoms with Gasteiger partial charge in [-0.25, -0.2) is 0 Å². The maximum absolute atomic E-state index is 11.4. The van der Waals surface area contributed by atoms with Gasteiger partial charge in [0.2, 0.25) is 5.69 Å². The second-order valence-corrected chi connectivity index (χ2v) is 13.0. The highest BCUT2D eigenvalue weighted by atomic mass is 16.1. The van der Waals surface area contributed by atoms with Gasteiger partial charge in [0.1, 0.15) is 12.8 Å². The fourth-order valence-corrected chi connectivity index (χ4v) is 7.51. The molecule has 44 heavy (non-hydrogen) atoms. The molecule has 4 heteroatoms. The zero-order valence-corrected chi connectivity index (χ0v) is 26.5. The highest BCUT2D eigenvalue weighted by Gasteiger charge is 2.45. The van der Waals surface area contributed by atoms with Gasteiger partial charge in [-0.2, -0.15) is 4.58 Å². The number of fused-ring (bicyclic) bond motifs is 6. The van der Waals surface area contributed by atoms with E-state index in [2.05, 4.69) is 140 Å². The molecule has 2 aliphatic heterocycles. The molecule has 2 N–H and O–H groups in total. The molecule has 2 heterocycles. The molecule has 4 nitrogen and oxygen atoms in total. The number of allylic oxidation sites excluding steroid dienone is 6. The lowest BCUT2D eigenvalue weighted by atomic mass is 9.79. The average Bonchev–Trinajstić information content (AvgIpc) is 3.38. The number of unbranched alkanes of at least 4 members (excludes halogenated alkanes) is 1. The second kappa shape index (κ2) is 12.0. The summed E-state index contributed by atoms with van der Waals surface area (Å²) >= 11 is 0. The van der Waals surface area contributed by atoms with E-state index in [9.17, 15) is 4.79 Å². The minimum atomic E-state index is -0.197. The van der Waals surface area contributed by atoms with Crippen molar-refractivity contribution >= 4 is 44.9 Å². The molecular weight excluding hydrogens is 538 g/mol. The van der Waals surface area contributed by atoms with Crippen LogP contribution in [-0.4, -0.2) is 36.2 Å². The number of anilines is 1.